The molecular formula is C21H35N3O3. The maximum absolute atomic E-state index is 12.0. The Morgan fingerprint density at radius 3 is 2.30 bits per heavy atom. The van der Waals surface area contributed by atoms with Gasteiger partial charge >= 0.3 is 0 Å². The number of ether oxygens (including phenoxy) is 2. The van der Waals surface area contributed by atoms with E-state index in [-0.39, 0.29) is 5.91 Å². The summed E-state index contributed by atoms with van der Waals surface area (Å²) in [6.07, 6.45) is 3.42. The van der Waals surface area contributed by atoms with Crippen LogP contribution in [0, 0.1) is 6.92 Å². The molecule has 1 aromatic rings. The molecule has 2 rings (SSSR count). The molecule has 27 heavy (non-hydrogen) atoms. The SMILES string of the molecule is CCCCCNC(=O)CN1CCN(Cc2cc(OC)c(OC)cc2C)CC1. The first-order chi connectivity index (χ1) is 13.1. The number of hydrogen-bond donors (Lipinski definition) is 1. The fourth-order valence-corrected chi connectivity index (χ4v) is 3.40. The summed E-state index contributed by atoms with van der Waals surface area (Å²) in [4.78, 5) is 16.7. The lowest BCUT2D eigenvalue weighted by Gasteiger charge is -2.34. The van der Waals surface area contributed by atoms with E-state index in [1.54, 1.807) is 14.2 Å². The van der Waals surface area contributed by atoms with Gasteiger partial charge in [-0.25, -0.2) is 0 Å². The van der Waals surface area contributed by atoms with E-state index < -0.39 is 0 Å². The van der Waals surface area contributed by atoms with Gasteiger partial charge in [-0.2, -0.15) is 0 Å². The molecule has 1 aliphatic heterocycles. The van der Waals surface area contributed by atoms with Crippen molar-refractivity contribution in [2.24, 2.45) is 0 Å². The maximum atomic E-state index is 12.0. The number of nitrogens with one attached hydrogen (secondary N) is 1. The van der Waals surface area contributed by atoms with Crippen LogP contribution in [0.5, 0.6) is 11.5 Å². The van der Waals surface area contributed by atoms with Crippen molar-refractivity contribution in [1.29, 1.82) is 0 Å². The number of hydrogen-bond acceptors (Lipinski definition) is 5. The molecule has 152 valence electrons. The molecule has 0 aliphatic carbocycles. The predicted molar refractivity (Wildman–Crippen MR) is 109 cm³/mol. The van der Waals surface area contributed by atoms with E-state index in [4.69, 9.17) is 9.47 Å². The molecule has 0 aromatic heterocycles. The highest BCUT2D eigenvalue weighted by Crippen LogP contribution is 2.30. The van der Waals surface area contributed by atoms with Gasteiger partial charge in [0.05, 0.1) is 20.8 Å². The Morgan fingerprint density at radius 1 is 1.04 bits per heavy atom. The Bertz CT molecular complexity index is 599. The van der Waals surface area contributed by atoms with Crippen LogP contribution >= 0.6 is 0 Å². The lowest BCUT2D eigenvalue weighted by Crippen LogP contribution is -2.49. The number of amides is 1. The second-order valence-electron chi connectivity index (χ2n) is 7.24. The highest BCUT2D eigenvalue weighted by molar-refractivity contribution is 5.77. The van der Waals surface area contributed by atoms with Gasteiger partial charge in [0.2, 0.25) is 5.91 Å². The van der Waals surface area contributed by atoms with E-state index in [9.17, 15) is 4.79 Å². The number of rotatable bonds is 10. The van der Waals surface area contributed by atoms with Crippen molar-refractivity contribution < 1.29 is 14.3 Å². The summed E-state index contributed by atoms with van der Waals surface area (Å²) in [7, 11) is 3.33. The van der Waals surface area contributed by atoms with E-state index in [0.717, 1.165) is 57.2 Å². The molecule has 1 amide bonds. The number of nitrogens with zero attached hydrogens (tertiary/aromatic N) is 2. The van der Waals surface area contributed by atoms with Gasteiger partial charge in [-0.15, -0.1) is 0 Å². The van der Waals surface area contributed by atoms with Crippen LogP contribution in [0.15, 0.2) is 12.1 Å². The van der Waals surface area contributed by atoms with Crippen LogP contribution in [0.2, 0.25) is 0 Å². The topological polar surface area (TPSA) is 54.0 Å². The summed E-state index contributed by atoms with van der Waals surface area (Å²) >= 11 is 0. The Balaban J connectivity index is 1.78. The number of unbranched alkanes of at least 4 members (excludes halogenated alkanes) is 2. The highest BCUT2D eigenvalue weighted by atomic mass is 16.5. The first kappa shape index (κ1) is 21.5. The Morgan fingerprint density at radius 2 is 1.67 bits per heavy atom. The van der Waals surface area contributed by atoms with Gasteiger partial charge in [0.15, 0.2) is 11.5 Å². The molecule has 0 saturated carbocycles. The largest absolute Gasteiger partial charge is 0.493 e. The van der Waals surface area contributed by atoms with Crippen molar-refractivity contribution in [3.8, 4) is 11.5 Å². The van der Waals surface area contributed by atoms with E-state index >= 15 is 0 Å². The molecule has 6 heteroatoms. The number of benzene rings is 1. The zero-order valence-corrected chi connectivity index (χ0v) is 17.3. The summed E-state index contributed by atoms with van der Waals surface area (Å²) in [5.41, 5.74) is 2.47. The van der Waals surface area contributed by atoms with Crippen molar-refractivity contribution in [3.63, 3.8) is 0 Å². The minimum absolute atomic E-state index is 0.148. The van der Waals surface area contributed by atoms with Crippen molar-refractivity contribution >= 4 is 5.91 Å². The van der Waals surface area contributed by atoms with Crippen LogP contribution in [0.4, 0.5) is 0 Å². The molecule has 1 aromatic carbocycles. The van der Waals surface area contributed by atoms with Gasteiger partial charge in [-0.1, -0.05) is 19.8 Å². The van der Waals surface area contributed by atoms with Crippen molar-refractivity contribution in [1.82, 2.24) is 15.1 Å². The van der Waals surface area contributed by atoms with Crippen LogP contribution in [-0.4, -0.2) is 69.2 Å². The van der Waals surface area contributed by atoms with E-state index in [1.165, 1.54) is 24.0 Å². The lowest BCUT2D eigenvalue weighted by atomic mass is 10.1. The summed E-state index contributed by atoms with van der Waals surface area (Å²) in [5.74, 6) is 1.69. The fourth-order valence-electron chi connectivity index (χ4n) is 3.40. The summed E-state index contributed by atoms with van der Waals surface area (Å²) in [6, 6.07) is 4.11. The summed E-state index contributed by atoms with van der Waals surface area (Å²) in [5, 5.41) is 3.03. The van der Waals surface area contributed by atoms with E-state index in [1.807, 2.05) is 6.07 Å². The second kappa shape index (κ2) is 11.1. The zero-order valence-electron chi connectivity index (χ0n) is 17.3. The normalized spacial score (nSPS) is 15.6. The molecule has 6 nitrogen and oxygen atoms in total. The molecule has 1 aliphatic rings. The average Bonchev–Trinajstić information content (AvgIpc) is 2.68. The summed E-state index contributed by atoms with van der Waals surface area (Å²) < 4.78 is 10.8. The molecule has 0 bridgehead atoms. The molecule has 1 saturated heterocycles. The van der Waals surface area contributed by atoms with Crippen LogP contribution in [0.1, 0.15) is 37.3 Å². The van der Waals surface area contributed by atoms with Crippen LogP contribution < -0.4 is 14.8 Å². The number of aryl methyl sites for hydroxylation is 1. The fraction of sp³-hybridized carbons (Fsp3) is 0.667. The third-order valence-corrected chi connectivity index (χ3v) is 5.17. The average molecular weight is 378 g/mol. The second-order valence-corrected chi connectivity index (χ2v) is 7.24. The number of carbonyl (C=O) groups excluding carboxylic acids is 1. The number of methoxy groups -OCH3 is 2. The molecule has 0 spiro atoms. The standard InChI is InChI=1S/C21H35N3O3/c1-5-6-7-8-22-21(25)16-24-11-9-23(10-12-24)15-18-14-20(27-4)19(26-3)13-17(18)2/h13-14H,5-12,15-16H2,1-4H3,(H,22,25). The first-order valence-corrected chi connectivity index (χ1v) is 10.00. The molecule has 0 unspecified atom stereocenters. The molecule has 0 radical (unpaired) electrons. The minimum Gasteiger partial charge on any atom is -0.493 e. The van der Waals surface area contributed by atoms with Crippen molar-refractivity contribution in [2.45, 2.75) is 39.7 Å². The monoisotopic (exact) mass is 377 g/mol. The number of piperazine rings is 1. The Labute approximate surface area is 163 Å². The minimum atomic E-state index is 0.148. The number of carbonyl (C=O) groups is 1. The first-order valence-electron chi connectivity index (χ1n) is 10.00. The van der Waals surface area contributed by atoms with Crippen LogP contribution in [0.3, 0.4) is 0 Å². The predicted octanol–water partition coefficient (Wildman–Crippen LogP) is 2.44. The Hall–Kier alpha value is -1.79. The molecule has 1 fully saturated rings. The quantitative estimate of drug-likeness (QED) is 0.635. The van der Waals surface area contributed by atoms with E-state index in [2.05, 4.69) is 35.0 Å². The van der Waals surface area contributed by atoms with Gasteiger partial charge in [-0.05, 0) is 36.6 Å². The highest BCUT2D eigenvalue weighted by Gasteiger charge is 2.20. The van der Waals surface area contributed by atoms with E-state index in [0.29, 0.717) is 6.54 Å². The zero-order chi connectivity index (χ0) is 19.6. The van der Waals surface area contributed by atoms with Crippen molar-refractivity contribution in [3.05, 3.63) is 23.3 Å². The van der Waals surface area contributed by atoms with Gasteiger partial charge in [0.1, 0.15) is 0 Å². The smallest absolute Gasteiger partial charge is 0.234 e. The molecule has 1 N–H and O–H groups in total. The Kier molecular flexibility index (Phi) is 8.88. The van der Waals surface area contributed by atoms with Gasteiger partial charge in [-0.3, -0.25) is 14.6 Å². The van der Waals surface area contributed by atoms with Gasteiger partial charge in [0, 0.05) is 39.3 Å². The molecular weight excluding hydrogens is 342 g/mol. The molecule has 0 atom stereocenters. The maximum Gasteiger partial charge on any atom is 0.234 e. The molecule has 1 heterocycles. The summed E-state index contributed by atoms with van der Waals surface area (Å²) in [6.45, 7) is 10.3. The van der Waals surface area contributed by atoms with Gasteiger partial charge < -0.3 is 14.8 Å². The lowest BCUT2D eigenvalue weighted by molar-refractivity contribution is -0.122. The van der Waals surface area contributed by atoms with Crippen LogP contribution in [-0.2, 0) is 11.3 Å². The van der Waals surface area contributed by atoms with Gasteiger partial charge in [0.25, 0.3) is 0 Å². The third-order valence-electron chi connectivity index (χ3n) is 5.17. The third kappa shape index (κ3) is 6.70. The van der Waals surface area contributed by atoms with Crippen LogP contribution in [0.25, 0.3) is 0 Å². The van der Waals surface area contributed by atoms with Crippen molar-refractivity contribution in [2.75, 3.05) is 53.5 Å².